The van der Waals surface area contributed by atoms with Crippen molar-refractivity contribution in [2.45, 2.75) is 19.9 Å². The molecule has 24 heavy (non-hydrogen) atoms. The molecule has 0 spiro atoms. The number of nitrogens with zero attached hydrogens (tertiary/aromatic N) is 5. The lowest BCUT2D eigenvalue weighted by Gasteiger charge is -2.12. The smallest absolute Gasteiger partial charge is 0.328 e. The fraction of sp³-hybridized carbons (Fsp3) is 0.267. The maximum Gasteiger partial charge on any atom is 0.328 e. The summed E-state index contributed by atoms with van der Waals surface area (Å²) in [5, 5.41) is 7.67. The molecule has 1 unspecified atom stereocenters. The van der Waals surface area contributed by atoms with Crippen molar-refractivity contribution in [3.8, 4) is 5.69 Å². The quantitative estimate of drug-likeness (QED) is 0.668. The van der Waals surface area contributed by atoms with Gasteiger partial charge in [0.2, 0.25) is 0 Å². The third-order valence-electron chi connectivity index (χ3n) is 3.49. The number of esters is 1. The summed E-state index contributed by atoms with van der Waals surface area (Å²) in [4.78, 5) is 28.5. The van der Waals surface area contributed by atoms with Gasteiger partial charge in [-0.25, -0.2) is 14.2 Å². The van der Waals surface area contributed by atoms with Gasteiger partial charge in [0.25, 0.3) is 5.56 Å². The Kier molecular flexibility index (Phi) is 4.07. The molecule has 0 fully saturated rings. The summed E-state index contributed by atoms with van der Waals surface area (Å²) in [6.45, 7) is 3.42. The fourth-order valence-corrected chi connectivity index (χ4v) is 2.26. The van der Waals surface area contributed by atoms with Gasteiger partial charge in [0.15, 0.2) is 11.2 Å². The maximum atomic E-state index is 13.4. The van der Waals surface area contributed by atoms with Gasteiger partial charge < -0.3 is 4.74 Å². The van der Waals surface area contributed by atoms with Crippen LogP contribution in [0.5, 0.6) is 0 Å². The number of rotatable bonds is 4. The van der Waals surface area contributed by atoms with Gasteiger partial charge in [-0.15, -0.1) is 5.10 Å². The lowest BCUT2D eigenvalue weighted by molar-refractivity contribution is -0.146. The van der Waals surface area contributed by atoms with E-state index in [0.717, 1.165) is 4.57 Å². The average molecular weight is 331 g/mol. The van der Waals surface area contributed by atoms with E-state index in [9.17, 15) is 14.0 Å². The molecule has 8 nitrogen and oxygen atoms in total. The summed E-state index contributed by atoms with van der Waals surface area (Å²) >= 11 is 0. The SMILES string of the molecule is CCOC(=O)C(C)n1cnc2c(nnn2-c2cccc(F)c2)c1=O. The molecule has 3 rings (SSSR count). The van der Waals surface area contributed by atoms with E-state index in [1.165, 1.54) is 36.1 Å². The fourth-order valence-electron chi connectivity index (χ4n) is 2.26. The lowest BCUT2D eigenvalue weighted by Crippen LogP contribution is -2.29. The molecule has 9 heteroatoms. The van der Waals surface area contributed by atoms with Gasteiger partial charge in [0, 0.05) is 0 Å². The Bertz CT molecular complexity index is 965. The van der Waals surface area contributed by atoms with Crippen LogP contribution in [0.15, 0.2) is 35.4 Å². The number of benzene rings is 1. The molecule has 0 amide bonds. The van der Waals surface area contributed by atoms with Crippen molar-refractivity contribution >= 4 is 17.1 Å². The molecule has 0 bridgehead atoms. The Balaban J connectivity index is 2.09. The summed E-state index contributed by atoms with van der Waals surface area (Å²) in [5.41, 5.74) is 0.0274. The minimum absolute atomic E-state index is 0.0158. The molecule has 2 aromatic heterocycles. The summed E-state index contributed by atoms with van der Waals surface area (Å²) < 4.78 is 20.7. The zero-order valence-corrected chi connectivity index (χ0v) is 13.0. The lowest BCUT2D eigenvalue weighted by atomic mass is 10.3. The van der Waals surface area contributed by atoms with Gasteiger partial charge in [0.1, 0.15) is 18.2 Å². The summed E-state index contributed by atoms with van der Waals surface area (Å²) in [6.07, 6.45) is 1.23. The molecule has 0 radical (unpaired) electrons. The number of carbonyl (C=O) groups excluding carboxylic acids is 1. The highest BCUT2D eigenvalue weighted by atomic mass is 19.1. The van der Waals surface area contributed by atoms with Crippen LogP contribution in [0.2, 0.25) is 0 Å². The first-order valence-electron chi connectivity index (χ1n) is 7.28. The van der Waals surface area contributed by atoms with Crippen molar-refractivity contribution in [2.75, 3.05) is 6.61 Å². The number of carbonyl (C=O) groups is 1. The molecule has 0 saturated heterocycles. The van der Waals surface area contributed by atoms with E-state index in [2.05, 4.69) is 15.3 Å². The van der Waals surface area contributed by atoms with E-state index in [0.29, 0.717) is 5.69 Å². The topological polar surface area (TPSA) is 91.9 Å². The van der Waals surface area contributed by atoms with Crippen LogP contribution < -0.4 is 5.56 Å². The number of hydrogen-bond donors (Lipinski definition) is 0. The number of hydrogen-bond acceptors (Lipinski definition) is 6. The summed E-state index contributed by atoms with van der Waals surface area (Å²) in [7, 11) is 0. The van der Waals surface area contributed by atoms with Crippen molar-refractivity contribution in [3.05, 3.63) is 46.8 Å². The zero-order chi connectivity index (χ0) is 17.3. The zero-order valence-electron chi connectivity index (χ0n) is 13.0. The predicted molar refractivity (Wildman–Crippen MR) is 82.2 cm³/mol. The number of halogens is 1. The molecule has 2 heterocycles. The van der Waals surface area contributed by atoms with Crippen LogP contribution in [0.25, 0.3) is 16.9 Å². The normalized spacial score (nSPS) is 12.3. The monoisotopic (exact) mass is 331 g/mol. The van der Waals surface area contributed by atoms with Crippen LogP contribution in [0, 0.1) is 5.82 Å². The van der Waals surface area contributed by atoms with Crippen molar-refractivity contribution < 1.29 is 13.9 Å². The number of aromatic nitrogens is 5. The Labute approximate surface area is 135 Å². The molecular formula is C15H14FN5O3. The predicted octanol–water partition coefficient (Wildman–Crippen LogP) is 1.24. The third-order valence-corrected chi connectivity index (χ3v) is 3.49. The molecule has 0 saturated carbocycles. The highest BCUT2D eigenvalue weighted by Gasteiger charge is 2.21. The molecule has 0 aliphatic heterocycles. The van der Waals surface area contributed by atoms with Gasteiger partial charge in [-0.2, -0.15) is 4.68 Å². The Morgan fingerprint density at radius 2 is 2.21 bits per heavy atom. The van der Waals surface area contributed by atoms with E-state index >= 15 is 0 Å². The van der Waals surface area contributed by atoms with Gasteiger partial charge >= 0.3 is 5.97 Å². The second-order valence-corrected chi connectivity index (χ2v) is 5.04. The minimum Gasteiger partial charge on any atom is -0.464 e. The minimum atomic E-state index is -0.839. The van der Waals surface area contributed by atoms with Crippen molar-refractivity contribution in [1.29, 1.82) is 0 Å². The Hall–Kier alpha value is -3.10. The van der Waals surface area contributed by atoms with Crippen LogP contribution in [-0.4, -0.2) is 37.1 Å². The average Bonchev–Trinajstić information content (AvgIpc) is 3.00. The van der Waals surface area contributed by atoms with E-state index in [1.54, 1.807) is 13.0 Å². The third kappa shape index (κ3) is 2.64. The van der Waals surface area contributed by atoms with Gasteiger partial charge in [0.05, 0.1) is 12.3 Å². The van der Waals surface area contributed by atoms with Crippen LogP contribution >= 0.6 is 0 Å². The van der Waals surface area contributed by atoms with Crippen LogP contribution in [0.4, 0.5) is 4.39 Å². The highest BCUT2D eigenvalue weighted by molar-refractivity contribution is 5.75. The second kappa shape index (κ2) is 6.19. The molecule has 1 aromatic carbocycles. The van der Waals surface area contributed by atoms with Gasteiger partial charge in [-0.1, -0.05) is 11.3 Å². The molecule has 3 aromatic rings. The summed E-state index contributed by atoms with van der Waals surface area (Å²) in [6, 6.07) is 4.84. The van der Waals surface area contributed by atoms with E-state index in [1.807, 2.05) is 0 Å². The molecule has 124 valence electrons. The number of ether oxygens (including phenoxy) is 1. The van der Waals surface area contributed by atoms with Crippen molar-refractivity contribution in [1.82, 2.24) is 24.5 Å². The van der Waals surface area contributed by atoms with Crippen LogP contribution in [-0.2, 0) is 9.53 Å². The molecule has 0 N–H and O–H groups in total. The van der Waals surface area contributed by atoms with E-state index < -0.39 is 23.4 Å². The molecular weight excluding hydrogens is 317 g/mol. The Morgan fingerprint density at radius 1 is 1.42 bits per heavy atom. The van der Waals surface area contributed by atoms with Gasteiger partial charge in [-0.3, -0.25) is 9.36 Å². The van der Waals surface area contributed by atoms with E-state index in [-0.39, 0.29) is 17.8 Å². The first kappa shape index (κ1) is 15.8. The van der Waals surface area contributed by atoms with Crippen molar-refractivity contribution in [3.63, 3.8) is 0 Å². The second-order valence-electron chi connectivity index (χ2n) is 5.04. The van der Waals surface area contributed by atoms with Crippen molar-refractivity contribution in [2.24, 2.45) is 0 Å². The van der Waals surface area contributed by atoms with E-state index in [4.69, 9.17) is 4.74 Å². The summed E-state index contributed by atoms with van der Waals surface area (Å²) in [5.74, 6) is -0.987. The molecule has 0 aliphatic rings. The largest absolute Gasteiger partial charge is 0.464 e. The van der Waals surface area contributed by atoms with Gasteiger partial charge in [-0.05, 0) is 32.0 Å². The first-order chi connectivity index (χ1) is 11.5. The first-order valence-corrected chi connectivity index (χ1v) is 7.28. The van der Waals surface area contributed by atoms with Crippen LogP contribution in [0.3, 0.4) is 0 Å². The number of fused-ring (bicyclic) bond motifs is 1. The Morgan fingerprint density at radius 3 is 2.92 bits per heavy atom. The molecule has 0 aliphatic carbocycles. The standard InChI is InChI=1S/C15H14FN5O3/c1-3-24-15(23)9(2)20-8-17-13-12(14(20)22)18-19-21(13)11-6-4-5-10(16)7-11/h4-9H,3H2,1-2H3. The molecule has 1 atom stereocenters. The van der Waals surface area contributed by atoms with Crippen LogP contribution in [0.1, 0.15) is 19.9 Å². The maximum absolute atomic E-state index is 13.4. The highest BCUT2D eigenvalue weighted by Crippen LogP contribution is 2.14.